The van der Waals surface area contributed by atoms with E-state index >= 15 is 0 Å². The molecular formula is C21H21F2N3O3. The summed E-state index contributed by atoms with van der Waals surface area (Å²) in [6.45, 7) is 1.44. The van der Waals surface area contributed by atoms with E-state index < -0.39 is 12.1 Å². The number of carbonyl (C=O) groups is 1. The van der Waals surface area contributed by atoms with E-state index in [9.17, 15) is 13.6 Å². The van der Waals surface area contributed by atoms with E-state index in [1.807, 2.05) is 16.8 Å². The van der Waals surface area contributed by atoms with Gasteiger partial charge >= 0.3 is 0 Å². The first kappa shape index (κ1) is 19.4. The molecule has 3 aromatic rings. The van der Waals surface area contributed by atoms with Crippen LogP contribution in [0.4, 0.5) is 8.78 Å². The van der Waals surface area contributed by atoms with Crippen molar-refractivity contribution in [3.63, 3.8) is 0 Å². The van der Waals surface area contributed by atoms with Gasteiger partial charge in [-0.2, -0.15) is 0 Å². The number of nitrogens with zero attached hydrogens (tertiary/aromatic N) is 3. The molecule has 3 aromatic heterocycles. The van der Waals surface area contributed by atoms with E-state index in [4.69, 9.17) is 14.5 Å². The smallest absolute Gasteiger partial charge is 0.280 e. The van der Waals surface area contributed by atoms with E-state index in [1.165, 1.54) is 18.2 Å². The highest BCUT2D eigenvalue weighted by Crippen LogP contribution is 2.29. The summed E-state index contributed by atoms with van der Waals surface area (Å²) in [5.41, 5.74) is 1.97. The zero-order valence-corrected chi connectivity index (χ0v) is 16.0. The van der Waals surface area contributed by atoms with Crippen LogP contribution in [0.1, 0.15) is 52.6 Å². The molecule has 0 N–H and O–H groups in total. The number of ketones is 1. The molecule has 0 unspecified atom stereocenters. The summed E-state index contributed by atoms with van der Waals surface area (Å²) in [7, 11) is 1.55. The number of fused-ring (bicyclic) bond motifs is 1. The quantitative estimate of drug-likeness (QED) is 0.584. The Kier molecular flexibility index (Phi) is 5.53. The van der Waals surface area contributed by atoms with Crippen LogP contribution in [0.15, 0.2) is 36.7 Å². The third-order valence-corrected chi connectivity index (χ3v) is 5.10. The second-order valence-corrected chi connectivity index (χ2v) is 7.05. The Hall–Kier alpha value is -2.87. The Morgan fingerprint density at radius 3 is 2.79 bits per heavy atom. The number of pyridine rings is 2. The number of aromatic nitrogens is 3. The number of halogens is 2. The maximum absolute atomic E-state index is 12.9. The number of Topliss-reactive ketones (excluding diaryl/α,β-unsaturated/α-hetero) is 1. The minimum Gasteiger partial charge on any atom is -0.493 e. The van der Waals surface area contributed by atoms with Crippen LogP contribution in [-0.2, 0) is 11.2 Å². The standard InChI is InChI=1S/C21H21F2N3O3/c1-28-19-10-13(9-18(27)15-3-2-4-16(24-15)20(22)23)11-26-12-17(25-21(19)26)14-5-7-29-8-6-14/h2-4,10-12,14,20H,5-9H2,1H3. The lowest BCUT2D eigenvalue weighted by molar-refractivity contribution is 0.0846. The zero-order chi connectivity index (χ0) is 20.4. The molecule has 1 saturated heterocycles. The number of hydrogen-bond donors (Lipinski definition) is 0. The predicted octanol–water partition coefficient (Wildman–Crippen LogP) is 3.99. The number of methoxy groups -OCH3 is 1. The monoisotopic (exact) mass is 401 g/mol. The third kappa shape index (κ3) is 4.12. The average molecular weight is 401 g/mol. The van der Waals surface area contributed by atoms with Gasteiger partial charge in [-0.25, -0.2) is 18.7 Å². The molecule has 6 nitrogen and oxygen atoms in total. The summed E-state index contributed by atoms with van der Waals surface area (Å²) < 4.78 is 38.5. The Bertz CT molecular complexity index is 1030. The van der Waals surface area contributed by atoms with Crippen LogP contribution in [-0.4, -0.2) is 40.5 Å². The van der Waals surface area contributed by atoms with Crippen molar-refractivity contribution in [3.8, 4) is 5.75 Å². The highest BCUT2D eigenvalue weighted by Gasteiger charge is 2.21. The van der Waals surface area contributed by atoms with Gasteiger partial charge in [-0.1, -0.05) is 6.07 Å². The van der Waals surface area contributed by atoms with E-state index in [0.717, 1.165) is 31.7 Å². The molecule has 4 heterocycles. The van der Waals surface area contributed by atoms with Gasteiger partial charge in [0, 0.05) is 37.9 Å². The van der Waals surface area contributed by atoms with Crippen molar-refractivity contribution in [1.82, 2.24) is 14.4 Å². The van der Waals surface area contributed by atoms with Crippen molar-refractivity contribution in [1.29, 1.82) is 0 Å². The molecule has 0 amide bonds. The zero-order valence-electron chi connectivity index (χ0n) is 16.0. The van der Waals surface area contributed by atoms with Crippen molar-refractivity contribution in [2.75, 3.05) is 20.3 Å². The summed E-state index contributed by atoms with van der Waals surface area (Å²) in [5, 5.41) is 0. The molecule has 152 valence electrons. The Balaban J connectivity index is 1.62. The maximum Gasteiger partial charge on any atom is 0.280 e. The molecule has 0 radical (unpaired) electrons. The highest BCUT2D eigenvalue weighted by atomic mass is 19.3. The summed E-state index contributed by atoms with van der Waals surface area (Å²) in [5.74, 6) is 0.557. The molecule has 8 heteroatoms. The number of hydrogen-bond acceptors (Lipinski definition) is 5. The van der Waals surface area contributed by atoms with Gasteiger partial charge < -0.3 is 13.9 Å². The minimum absolute atomic E-state index is 0.0235. The van der Waals surface area contributed by atoms with Crippen molar-refractivity contribution >= 4 is 11.4 Å². The van der Waals surface area contributed by atoms with Crippen molar-refractivity contribution in [2.24, 2.45) is 0 Å². The second-order valence-electron chi connectivity index (χ2n) is 7.05. The fourth-order valence-electron chi connectivity index (χ4n) is 3.58. The van der Waals surface area contributed by atoms with Gasteiger partial charge in [0.15, 0.2) is 17.2 Å². The first-order chi connectivity index (χ1) is 14.0. The third-order valence-electron chi connectivity index (χ3n) is 5.10. The summed E-state index contributed by atoms with van der Waals surface area (Å²) in [6.07, 6.45) is 2.93. The summed E-state index contributed by atoms with van der Waals surface area (Å²) in [4.78, 5) is 21.1. The van der Waals surface area contributed by atoms with Gasteiger partial charge in [0.2, 0.25) is 0 Å². The van der Waals surface area contributed by atoms with Crippen molar-refractivity contribution < 1.29 is 23.0 Å². The maximum atomic E-state index is 12.9. The number of alkyl halides is 2. The normalized spacial score (nSPS) is 15.2. The first-order valence-corrected chi connectivity index (χ1v) is 9.46. The van der Waals surface area contributed by atoms with Crippen LogP contribution >= 0.6 is 0 Å². The number of imidazole rings is 1. The second kappa shape index (κ2) is 8.24. The molecule has 4 rings (SSSR count). The summed E-state index contributed by atoms with van der Waals surface area (Å²) in [6, 6.07) is 5.83. The molecule has 1 fully saturated rings. The molecular weight excluding hydrogens is 380 g/mol. The predicted molar refractivity (Wildman–Crippen MR) is 102 cm³/mol. The van der Waals surface area contributed by atoms with Gasteiger partial charge in [0.1, 0.15) is 11.4 Å². The number of ether oxygens (including phenoxy) is 2. The van der Waals surface area contributed by atoms with Gasteiger partial charge in [0.25, 0.3) is 6.43 Å². The Morgan fingerprint density at radius 2 is 2.07 bits per heavy atom. The molecule has 0 aliphatic carbocycles. The molecule has 1 aliphatic heterocycles. The van der Waals surface area contributed by atoms with Crippen molar-refractivity contribution in [2.45, 2.75) is 31.6 Å². The molecule has 1 aliphatic rings. The van der Waals surface area contributed by atoms with Crippen LogP contribution in [0.2, 0.25) is 0 Å². The minimum atomic E-state index is -2.71. The van der Waals surface area contributed by atoms with Crippen LogP contribution in [0, 0.1) is 0 Å². The number of carbonyl (C=O) groups excluding carboxylic acids is 1. The molecule has 0 saturated carbocycles. The van der Waals surface area contributed by atoms with Crippen LogP contribution in [0.5, 0.6) is 5.75 Å². The van der Waals surface area contributed by atoms with E-state index in [0.29, 0.717) is 22.9 Å². The van der Waals surface area contributed by atoms with Gasteiger partial charge in [-0.15, -0.1) is 0 Å². The fraction of sp³-hybridized carbons (Fsp3) is 0.381. The largest absolute Gasteiger partial charge is 0.493 e. The van der Waals surface area contributed by atoms with Gasteiger partial charge in [-0.05, 0) is 36.6 Å². The SMILES string of the molecule is COc1cc(CC(=O)c2cccc(C(F)F)n2)cn2cc(C3CCOCC3)nc12. The van der Waals surface area contributed by atoms with Crippen LogP contribution < -0.4 is 4.74 Å². The van der Waals surface area contributed by atoms with Gasteiger partial charge in [0.05, 0.1) is 12.8 Å². The van der Waals surface area contributed by atoms with E-state index in [-0.39, 0.29) is 17.9 Å². The average Bonchev–Trinajstić information content (AvgIpc) is 3.18. The lowest BCUT2D eigenvalue weighted by Gasteiger charge is -2.19. The van der Waals surface area contributed by atoms with Crippen LogP contribution in [0.3, 0.4) is 0 Å². The topological polar surface area (TPSA) is 65.7 Å². The van der Waals surface area contributed by atoms with Gasteiger partial charge in [-0.3, -0.25) is 4.79 Å². The lowest BCUT2D eigenvalue weighted by atomic mass is 9.97. The summed E-state index contributed by atoms with van der Waals surface area (Å²) >= 11 is 0. The van der Waals surface area contributed by atoms with E-state index in [2.05, 4.69) is 4.98 Å². The Labute approximate surface area is 166 Å². The molecule has 0 spiro atoms. The fourth-order valence-corrected chi connectivity index (χ4v) is 3.58. The van der Waals surface area contributed by atoms with Crippen LogP contribution in [0.25, 0.3) is 5.65 Å². The van der Waals surface area contributed by atoms with E-state index in [1.54, 1.807) is 13.2 Å². The molecule has 0 atom stereocenters. The lowest BCUT2D eigenvalue weighted by Crippen LogP contribution is -2.14. The Morgan fingerprint density at radius 1 is 1.28 bits per heavy atom. The molecule has 0 bridgehead atoms. The van der Waals surface area contributed by atoms with Crippen molar-refractivity contribution in [3.05, 3.63) is 59.3 Å². The molecule has 0 aromatic carbocycles. The molecule has 29 heavy (non-hydrogen) atoms. The number of rotatable bonds is 6. The highest BCUT2D eigenvalue weighted by molar-refractivity contribution is 5.95. The first-order valence-electron chi connectivity index (χ1n) is 9.46.